The van der Waals surface area contributed by atoms with E-state index in [-0.39, 0.29) is 5.82 Å². The van der Waals surface area contributed by atoms with E-state index in [0.29, 0.717) is 29.2 Å². The Hall–Kier alpha value is -2.80. The number of hydrogen-bond donors (Lipinski definition) is 1. The molecular formula is C18H14FN3O2S. The molecule has 0 amide bonds. The first-order valence-corrected chi connectivity index (χ1v) is 8.69. The number of H-pyrrole nitrogens is 1. The molecule has 0 radical (unpaired) electrons. The molecule has 0 aliphatic carbocycles. The van der Waals surface area contributed by atoms with Gasteiger partial charge in [0.05, 0.1) is 12.2 Å². The Bertz CT molecular complexity index is 981. The molecule has 1 N–H and O–H groups in total. The van der Waals surface area contributed by atoms with Gasteiger partial charge >= 0.3 is 0 Å². The van der Waals surface area contributed by atoms with E-state index < -0.39 is 0 Å². The number of aromatic nitrogens is 3. The molecule has 0 fully saturated rings. The summed E-state index contributed by atoms with van der Waals surface area (Å²) in [6.07, 6.45) is 1.87. The van der Waals surface area contributed by atoms with E-state index in [9.17, 15) is 4.39 Å². The van der Waals surface area contributed by atoms with Crippen LogP contribution in [0, 0.1) is 5.82 Å². The summed E-state index contributed by atoms with van der Waals surface area (Å²) in [5.74, 6) is 1.48. The Kier molecular flexibility index (Phi) is 4.39. The van der Waals surface area contributed by atoms with Crippen LogP contribution in [0.1, 0.15) is 0 Å². The first-order valence-electron chi connectivity index (χ1n) is 7.71. The predicted molar refractivity (Wildman–Crippen MR) is 94.2 cm³/mol. The number of para-hydroxylation sites is 1. The lowest BCUT2D eigenvalue weighted by Crippen LogP contribution is -1.99. The van der Waals surface area contributed by atoms with Crippen LogP contribution in [0.25, 0.3) is 22.4 Å². The SMILES string of the molecule is Fc1ccc(OCCSc2nnc(-c3c[nH]c4ccccc34)o2)cc1. The fourth-order valence-corrected chi connectivity index (χ4v) is 3.02. The van der Waals surface area contributed by atoms with E-state index in [1.807, 2.05) is 30.5 Å². The van der Waals surface area contributed by atoms with Gasteiger partial charge in [-0.15, -0.1) is 10.2 Å². The van der Waals surface area contributed by atoms with Gasteiger partial charge in [0.2, 0.25) is 0 Å². The molecule has 5 nitrogen and oxygen atoms in total. The molecule has 0 unspecified atom stereocenters. The average molecular weight is 355 g/mol. The van der Waals surface area contributed by atoms with Gasteiger partial charge in [-0.3, -0.25) is 0 Å². The second kappa shape index (κ2) is 6.98. The molecule has 7 heteroatoms. The highest BCUT2D eigenvalue weighted by molar-refractivity contribution is 7.99. The Morgan fingerprint density at radius 3 is 2.80 bits per heavy atom. The lowest BCUT2D eigenvalue weighted by atomic mass is 10.2. The molecule has 0 aliphatic rings. The predicted octanol–water partition coefficient (Wildman–Crippen LogP) is 4.53. The summed E-state index contributed by atoms with van der Waals surface area (Å²) in [4.78, 5) is 3.19. The molecular weight excluding hydrogens is 341 g/mol. The van der Waals surface area contributed by atoms with Crippen molar-refractivity contribution < 1.29 is 13.5 Å². The van der Waals surface area contributed by atoms with Crippen molar-refractivity contribution in [2.75, 3.05) is 12.4 Å². The average Bonchev–Trinajstić information content (AvgIpc) is 3.27. The Morgan fingerprint density at radius 1 is 1.08 bits per heavy atom. The van der Waals surface area contributed by atoms with Crippen LogP contribution < -0.4 is 4.74 Å². The fraction of sp³-hybridized carbons (Fsp3) is 0.111. The van der Waals surface area contributed by atoms with Gasteiger partial charge in [-0.25, -0.2) is 4.39 Å². The summed E-state index contributed by atoms with van der Waals surface area (Å²) in [7, 11) is 0. The molecule has 4 rings (SSSR count). The molecule has 0 bridgehead atoms. The second-order valence-electron chi connectivity index (χ2n) is 5.27. The lowest BCUT2D eigenvalue weighted by molar-refractivity contribution is 0.342. The van der Waals surface area contributed by atoms with Gasteiger partial charge in [-0.1, -0.05) is 30.0 Å². The molecule has 0 spiro atoms. The third-order valence-corrected chi connectivity index (χ3v) is 4.40. The summed E-state index contributed by atoms with van der Waals surface area (Å²) in [6.45, 7) is 0.459. The van der Waals surface area contributed by atoms with Crippen LogP contribution in [0.15, 0.2) is 64.4 Å². The number of nitrogens with one attached hydrogen (secondary N) is 1. The van der Waals surface area contributed by atoms with Crippen molar-refractivity contribution in [2.45, 2.75) is 5.22 Å². The normalized spacial score (nSPS) is 11.1. The zero-order valence-electron chi connectivity index (χ0n) is 13.1. The van der Waals surface area contributed by atoms with E-state index in [4.69, 9.17) is 9.15 Å². The fourth-order valence-electron chi connectivity index (χ4n) is 2.44. The smallest absolute Gasteiger partial charge is 0.276 e. The summed E-state index contributed by atoms with van der Waals surface area (Å²) in [5.41, 5.74) is 1.91. The van der Waals surface area contributed by atoms with Crippen molar-refractivity contribution >= 4 is 22.7 Å². The van der Waals surface area contributed by atoms with E-state index in [2.05, 4.69) is 15.2 Å². The van der Waals surface area contributed by atoms with Crippen molar-refractivity contribution in [1.82, 2.24) is 15.2 Å². The van der Waals surface area contributed by atoms with Crippen molar-refractivity contribution in [3.05, 3.63) is 60.5 Å². The number of aromatic amines is 1. The quantitative estimate of drug-likeness (QED) is 0.407. The van der Waals surface area contributed by atoms with Crippen molar-refractivity contribution in [1.29, 1.82) is 0 Å². The standard InChI is InChI=1S/C18H14FN3O2S/c19-12-5-7-13(8-6-12)23-9-10-25-18-22-21-17(24-18)15-11-20-16-4-2-1-3-14(15)16/h1-8,11,20H,9-10H2. The summed E-state index contributed by atoms with van der Waals surface area (Å²) >= 11 is 1.42. The number of nitrogens with zero attached hydrogens (tertiary/aromatic N) is 2. The lowest BCUT2D eigenvalue weighted by Gasteiger charge is -2.04. The first kappa shape index (κ1) is 15.7. The molecule has 2 aromatic carbocycles. The Balaban J connectivity index is 1.36. The van der Waals surface area contributed by atoms with Crippen molar-refractivity contribution in [3.8, 4) is 17.2 Å². The summed E-state index contributed by atoms with van der Waals surface area (Å²) < 4.78 is 24.1. The minimum absolute atomic E-state index is 0.280. The van der Waals surface area contributed by atoms with Crippen LogP contribution in [-0.4, -0.2) is 27.5 Å². The largest absolute Gasteiger partial charge is 0.493 e. The van der Waals surface area contributed by atoms with E-state index in [0.717, 1.165) is 16.5 Å². The number of fused-ring (bicyclic) bond motifs is 1. The highest BCUT2D eigenvalue weighted by Crippen LogP contribution is 2.29. The number of hydrogen-bond acceptors (Lipinski definition) is 5. The van der Waals surface area contributed by atoms with Gasteiger partial charge < -0.3 is 14.1 Å². The molecule has 0 atom stereocenters. The minimum atomic E-state index is -0.280. The number of rotatable bonds is 6. The third kappa shape index (κ3) is 3.51. The molecule has 0 saturated carbocycles. The first-order chi connectivity index (χ1) is 12.3. The molecule has 0 saturated heterocycles. The molecule has 2 heterocycles. The van der Waals surface area contributed by atoms with Gasteiger partial charge in [0, 0.05) is 22.9 Å². The zero-order chi connectivity index (χ0) is 17.1. The van der Waals surface area contributed by atoms with Gasteiger partial charge in [-0.05, 0) is 30.3 Å². The highest BCUT2D eigenvalue weighted by Gasteiger charge is 2.13. The van der Waals surface area contributed by atoms with E-state index >= 15 is 0 Å². The Morgan fingerprint density at radius 2 is 1.92 bits per heavy atom. The monoisotopic (exact) mass is 355 g/mol. The second-order valence-corrected chi connectivity index (χ2v) is 6.32. The molecule has 126 valence electrons. The van der Waals surface area contributed by atoms with Crippen molar-refractivity contribution in [2.24, 2.45) is 0 Å². The maximum absolute atomic E-state index is 12.8. The molecule has 0 aliphatic heterocycles. The van der Waals surface area contributed by atoms with Crippen LogP contribution in [0.2, 0.25) is 0 Å². The van der Waals surface area contributed by atoms with Crippen LogP contribution in [0.4, 0.5) is 4.39 Å². The maximum Gasteiger partial charge on any atom is 0.276 e. The maximum atomic E-state index is 12.8. The zero-order valence-corrected chi connectivity index (χ0v) is 13.9. The van der Waals surface area contributed by atoms with Crippen molar-refractivity contribution in [3.63, 3.8) is 0 Å². The van der Waals surface area contributed by atoms with Gasteiger partial charge in [0.1, 0.15) is 11.6 Å². The molecule has 25 heavy (non-hydrogen) atoms. The molecule has 2 aromatic heterocycles. The van der Waals surface area contributed by atoms with Crippen LogP contribution >= 0.6 is 11.8 Å². The number of ether oxygens (including phenoxy) is 1. The number of thioether (sulfide) groups is 1. The van der Waals surface area contributed by atoms with Gasteiger partial charge in [0.25, 0.3) is 11.1 Å². The topological polar surface area (TPSA) is 63.9 Å². The van der Waals surface area contributed by atoms with Gasteiger partial charge in [-0.2, -0.15) is 0 Å². The van der Waals surface area contributed by atoms with E-state index in [1.54, 1.807) is 12.1 Å². The number of benzene rings is 2. The Labute approximate surface area is 147 Å². The molecule has 4 aromatic rings. The summed E-state index contributed by atoms with van der Waals surface area (Å²) in [5, 5.41) is 9.71. The number of halogens is 1. The minimum Gasteiger partial charge on any atom is -0.493 e. The van der Waals surface area contributed by atoms with E-state index in [1.165, 1.54) is 23.9 Å². The van der Waals surface area contributed by atoms with Crippen LogP contribution in [0.3, 0.4) is 0 Å². The summed E-state index contributed by atoms with van der Waals surface area (Å²) in [6, 6.07) is 13.9. The van der Waals surface area contributed by atoms with Crippen LogP contribution in [0.5, 0.6) is 5.75 Å². The third-order valence-electron chi connectivity index (χ3n) is 3.62. The highest BCUT2D eigenvalue weighted by atomic mass is 32.2. The van der Waals surface area contributed by atoms with Gasteiger partial charge in [0.15, 0.2) is 0 Å². The van der Waals surface area contributed by atoms with Crippen LogP contribution in [-0.2, 0) is 0 Å².